The molecule has 0 radical (unpaired) electrons. The van der Waals surface area contributed by atoms with Crippen molar-refractivity contribution in [2.75, 3.05) is 0 Å². The summed E-state index contributed by atoms with van der Waals surface area (Å²) in [6.07, 6.45) is 1.42. The molecule has 1 aliphatic heterocycles. The summed E-state index contributed by atoms with van der Waals surface area (Å²) < 4.78 is 5.51. The van der Waals surface area contributed by atoms with Crippen LogP contribution in [-0.2, 0) is 4.43 Å². The molecule has 0 amide bonds. The van der Waals surface area contributed by atoms with Gasteiger partial charge in [-0.3, -0.25) is 0 Å². The summed E-state index contributed by atoms with van der Waals surface area (Å²) in [7, 11) is -4.11. The van der Waals surface area contributed by atoms with E-state index in [0.29, 0.717) is 6.42 Å². The Morgan fingerprint density at radius 2 is 1.53 bits per heavy atom. The summed E-state index contributed by atoms with van der Waals surface area (Å²) in [4.78, 5) is 0. The van der Waals surface area contributed by atoms with Gasteiger partial charge in [0.25, 0.3) is 0 Å². The van der Waals surface area contributed by atoms with E-state index in [0.717, 1.165) is 6.42 Å². The number of alkyl halides is 3. The Labute approximate surface area is 136 Å². The molecule has 1 fully saturated rings. The van der Waals surface area contributed by atoms with Crippen molar-refractivity contribution in [3.8, 4) is 0 Å². The van der Waals surface area contributed by atoms with Crippen molar-refractivity contribution < 1.29 is 4.43 Å². The number of hydrogen-bond donors (Lipinski definition) is 0. The molecule has 1 aliphatic rings. The number of hydrogen-bond acceptors (Lipinski definition) is 1. The molecule has 0 bridgehead atoms. The van der Waals surface area contributed by atoms with Crippen molar-refractivity contribution in [3.63, 3.8) is 0 Å². The molecule has 1 atom stereocenters. The standard InChI is InChI=1S/C12H27Cl3OSi3/c1-11(8-9-12(13,14)15)10-17(2,3)19(6,7)18(4,5)16-11/h8-10H2,1-7H3. The van der Waals surface area contributed by atoms with Crippen LogP contribution in [0.25, 0.3) is 0 Å². The fraction of sp³-hybridized carbons (Fsp3) is 1.00. The maximum Gasteiger partial charge on any atom is 0.190 e. The second-order valence-corrected chi connectivity index (χ2v) is 37.6. The van der Waals surface area contributed by atoms with Crippen LogP contribution in [0.15, 0.2) is 0 Å². The summed E-state index contributed by atoms with van der Waals surface area (Å²) in [5.74, 6) is 0. The van der Waals surface area contributed by atoms with Gasteiger partial charge in [-0.25, -0.2) is 0 Å². The summed E-state index contributed by atoms with van der Waals surface area (Å²) >= 11 is 17.8. The average molecular weight is 378 g/mol. The van der Waals surface area contributed by atoms with Gasteiger partial charge in [0.2, 0.25) is 0 Å². The van der Waals surface area contributed by atoms with Gasteiger partial charge in [-0.2, -0.15) is 0 Å². The highest BCUT2D eigenvalue weighted by Crippen LogP contribution is 2.47. The molecule has 0 spiro atoms. The number of rotatable bonds is 2. The van der Waals surface area contributed by atoms with Gasteiger partial charge >= 0.3 is 0 Å². The first-order valence-corrected chi connectivity index (χ1v) is 19.1. The van der Waals surface area contributed by atoms with Crippen molar-refractivity contribution in [1.29, 1.82) is 0 Å². The lowest BCUT2D eigenvalue weighted by Gasteiger charge is -2.58. The van der Waals surface area contributed by atoms with Crippen molar-refractivity contribution in [2.45, 2.75) is 74.5 Å². The van der Waals surface area contributed by atoms with Gasteiger partial charge in [0.15, 0.2) is 11.6 Å². The highest BCUT2D eigenvalue weighted by molar-refractivity contribution is 7.67. The van der Waals surface area contributed by atoms with E-state index in [4.69, 9.17) is 39.2 Å². The molecule has 1 saturated heterocycles. The molecule has 1 rings (SSSR count). The van der Waals surface area contributed by atoms with Crippen LogP contribution in [-0.4, -0.2) is 31.9 Å². The molecule has 0 saturated carbocycles. The molecule has 114 valence electrons. The molecule has 1 heterocycles. The molecular formula is C12H27Cl3OSi3. The second kappa shape index (κ2) is 5.29. The van der Waals surface area contributed by atoms with E-state index in [2.05, 4.69) is 46.2 Å². The molecule has 1 unspecified atom stereocenters. The van der Waals surface area contributed by atoms with E-state index in [-0.39, 0.29) is 5.60 Å². The SMILES string of the molecule is CC1(CCC(Cl)(Cl)Cl)C[Si](C)(C)[Si](C)(C)[Si](C)(C)O1. The van der Waals surface area contributed by atoms with Gasteiger partial charge in [-0.15, -0.1) is 0 Å². The first kappa shape index (κ1) is 18.5. The van der Waals surface area contributed by atoms with E-state index in [1.165, 1.54) is 6.04 Å². The highest BCUT2D eigenvalue weighted by atomic mass is 35.6. The minimum atomic E-state index is -1.61. The van der Waals surface area contributed by atoms with Gasteiger partial charge in [0, 0.05) is 7.59 Å². The maximum atomic E-state index is 6.67. The van der Waals surface area contributed by atoms with Crippen molar-refractivity contribution in [1.82, 2.24) is 0 Å². The van der Waals surface area contributed by atoms with Crippen LogP contribution in [0.3, 0.4) is 0 Å². The monoisotopic (exact) mass is 376 g/mol. The third-order valence-electron chi connectivity index (χ3n) is 5.45. The summed E-state index contributed by atoms with van der Waals surface area (Å²) in [6.45, 7) is 17.2. The first-order chi connectivity index (χ1) is 8.12. The Morgan fingerprint density at radius 3 is 1.89 bits per heavy atom. The number of halogens is 3. The fourth-order valence-electron chi connectivity index (χ4n) is 3.30. The normalized spacial score (nSPS) is 33.2. The van der Waals surface area contributed by atoms with Crippen LogP contribution in [0.1, 0.15) is 19.8 Å². The Hall–Kier alpha value is 1.48. The Bertz CT molecular complexity index is 331. The van der Waals surface area contributed by atoms with E-state index in [9.17, 15) is 0 Å². The zero-order valence-electron chi connectivity index (χ0n) is 13.2. The van der Waals surface area contributed by atoms with Crippen LogP contribution in [0.4, 0.5) is 0 Å². The van der Waals surface area contributed by atoms with Crippen LogP contribution in [0.5, 0.6) is 0 Å². The molecule has 1 nitrogen and oxygen atoms in total. The summed E-state index contributed by atoms with van der Waals surface area (Å²) in [5.41, 5.74) is -0.0854. The van der Waals surface area contributed by atoms with Gasteiger partial charge in [-0.1, -0.05) is 61.0 Å². The van der Waals surface area contributed by atoms with Crippen molar-refractivity contribution in [2.24, 2.45) is 0 Å². The highest BCUT2D eigenvalue weighted by Gasteiger charge is 2.61. The predicted molar refractivity (Wildman–Crippen MR) is 96.3 cm³/mol. The summed E-state index contributed by atoms with van der Waals surface area (Å²) in [6, 6.07) is 1.20. The maximum absolute atomic E-state index is 6.67. The van der Waals surface area contributed by atoms with E-state index < -0.39 is 26.3 Å². The van der Waals surface area contributed by atoms with E-state index >= 15 is 0 Å². The van der Waals surface area contributed by atoms with E-state index in [1.807, 2.05) is 0 Å². The molecule has 0 N–H and O–H groups in total. The van der Waals surface area contributed by atoms with Crippen LogP contribution in [0, 0.1) is 0 Å². The smallest absolute Gasteiger partial charge is 0.190 e. The Balaban J connectivity index is 2.96. The van der Waals surface area contributed by atoms with Crippen LogP contribution in [0.2, 0.25) is 45.3 Å². The minimum absolute atomic E-state index is 0.0854. The van der Waals surface area contributed by atoms with Crippen molar-refractivity contribution >= 4 is 57.3 Å². The third-order valence-corrected chi connectivity index (χ3v) is 46.6. The molecule has 7 heteroatoms. The van der Waals surface area contributed by atoms with Gasteiger partial charge in [0.05, 0.1) is 12.7 Å². The average Bonchev–Trinajstić information content (AvgIpc) is 2.09. The first-order valence-electron chi connectivity index (χ1n) is 6.89. The van der Waals surface area contributed by atoms with Gasteiger partial charge in [0.1, 0.15) is 0 Å². The second-order valence-electron chi connectivity index (χ2n) is 7.86. The molecule has 0 aromatic rings. The molecule has 0 aromatic heterocycles. The van der Waals surface area contributed by atoms with Crippen LogP contribution < -0.4 is 0 Å². The lowest BCUT2D eigenvalue weighted by atomic mass is 10.0. The Kier molecular flexibility index (Phi) is 5.15. The molecule has 0 aromatic carbocycles. The van der Waals surface area contributed by atoms with Gasteiger partial charge < -0.3 is 4.43 Å². The summed E-state index contributed by atoms with van der Waals surface area (Å²) in [5, 5.41) is 0. The topological polar surface area (TPSA) is 9.23 Å². The van der Waals surface area contributed by atoms with E-state index in [1.54, 1.807) is 0 Å². The molecular weight excluding hydrogens is 351 g/mol. The lowest BCUT2D eigenvalue weighted by Crippen LogP contribution is -2.78. The van der Waals surface area contributed by atoms with Crippen LogP contribution >= 0.6 is 34.8 Å². The van der Waals surface area contributed by atoms with Crippen molar-refractivity contribution in [3.05, 3.63) is 0 Å². The minimum Gasteiger partial charge on any atom is -0.415 e. The molecule has 0 aliphatic carbocycles. The lowest BCUT2D eigenvalue weighted by molar-refractivity contribution is 0.0890. The zero-order valence-corrected chi connectivity index (χ0v) is 18.4. The fourth-order valence-corrected chi connectivity index (χ4v) is 34.3. The Morgan fingerprint density at radius 1 is 1.05 bits per heavy atom. The zero-order chi connectivity index (χ0) is 15.3. The third kappa shape index (κ3) is 4.02. The largest absolute Gasteiger partial charge is 0.415 e. The predicted octanol–water partition coefficient (Wildman–Crippen LogP) is 5.70. The van der Waals surface area contributed by atoms with Gasteiger partial charge in [-0.05, 0) is 38.9 Å². The quantitative estimate of drug-likeness (QED) is 0.442. The molecule has 19 heavy (non-hydrogen) atoms.